The molecule has 4 atom stereocenters. The number of likely N-dealkylation sites (N-methyl/N-ethyl adjacent to an activating group) is 1. The van der Waals surface area contributed by atoms with Crippen molar-refractivity contribution in [3.05, 3.63) is 83.9 Å². The first kappa shape index (κ1) is 41.5. The summed E-state index contributed by atoms with van der Waals surface area (Å²) >= 11 is 0. The summed E-state index contributed by atoms with van der Waals surface area (Å²) in [5, 5.41) is 34.0. The molecule has 2 aliphatic rings. The van der Waals surface area contributed by atoms with Gasteiger partial charge in [-0.25, -0.2) is 19.7 Å². The number of hydrogen-bond donors (Lipinski definition) is 6. The van der Waals surface area contributed by atoms with E-state index < -0.39 is 36.4 Å². The lowest BCUT2D eigenvalue weighted by molar-refractivity contribution is -0.137. The summed E-state index contributed by atoms with van der Waals surface area (Å²) in [6, 6.07) is 20.5. The van der Waals surface area contributed by atoms with Gasteiger partial charge in [0, 0.05) is 63.3 Å². The van der Waals surface area contributed by atoms with Crippen LogP contribution in [0.1, 0.15) is 81.4 Å². The lowest BCUT2D eigenvalue weighted by atomic mass is 9.91. The number of nitrogens with zero attached hydrogens (tertiary/aromatic N) is 6. The minimum absolute atomic E-state index is 0.0866. The predicted molar refractivity (Wildman–Crippen MR) is 216 cm³/mol. The summed E-state index contributed by atoms with van der Waals surface area (Å²) in [5.41, 5.74) is 2.63. The first-order valence-corrected chi connectivity index (χ1v) is 19.9. The van der Waals surface area contributed by atoms with E-state index in [-0.39, 0.29) is 35.3 Å². The highest BCUT2D eigenvalue weighted by molar-refractivity contribution is 5.94. The average molecular weight is 785 g/mol. The number of rotatable bonds is 15. The van der Waals surface area contributed by atoms with Crippen LogP contribution >= 0.6 is 0 Å². The lowest BCUT2D eigenvalue weighted by Gasteiger charge is -2.33. The van der Waals surface area contributed by atoms with Crippen molar-refractivity contribution in [1.29, 1.82) is 0 Å². The molecular weight excluding hydrogens is 729 g/mol. The number of fused-ring (bicyclic) bond motifs is 1. The van der Waals surface area contributed by atoms with Crippen LogP contribution in [-0.2, 0) is 9.53 Å². The highest BCUT2D eigenvalue weighted by atomic mass is 16.6. The van der Waals surface area contributed by atoms with Gasteiger partial charge in [-0.2, -0.15) is 0 Å². The predicted octanol–water partition coefficient (Wildman–Crippen LogP) is 2.85. The molecule has 4 amide bonds. The molecule has 306 valence electrons. The van der Waals surface area contributed by atoms with E-state index in [9.17, 15) is 24.6 Å². The number of aliphatic hydroxyl groups is 2. The van der Waals surface area contributed by atoms with Crippen molar-refractivity contribution in [3.8, 4) is 0 Å². The maximum absolute atomic E-state index is 13.9. The Morgan fingerprint density at radius 3 is 2.12 bits per heavy atom. The quantitative estimate of drug-likeness (QED) is 0.104. The summed E-state index contributed by atoms with van der Waals surface area (Å²) in [6.07, 6.45) is -3.08. The Morgan fingerprint density at radius 2 is 1.53 bits per heavy atom. The van der Waals surface area contributed by atoms with Gasteiger partial charge in [0.2, 0.25) is 5.82 Å². The number of ether oxygens (including phenoxy) is 1. The van der Waals surface area contributed by atoms with Gasteiger partial charge in [0.15, 0.2) is 29.3 Å². The normalized spacial score (nSPS) is 20.2. The number of anilines is 1. The molecule has 0 spiro atoms. The van der Waals surface area contributed by atoms with E-state index in [0.717, 1.165) is 17.7 Å². The molecule has 2 aromatic carbocycles. The number of aliphatic hydroxyl groups excluding tert-OH is 2. The Kier molecular flexibility index (Phi) is 13.7. The summed E-state index contributed by atoms with van der Waals surface area (Å²) in [6.45, 7) is 13.3. The molecule has 2 aromatic heterocycles. The zero-order valence-corrected chi connectivity index (χ0v) is 33.3. The molecule has 0 bridgehead atoms. The zero-order valence-electron chi connectivity index (χ0n) is 33.3. The molecule has 2 saturated heterocycles. The molecule has 4 aromatic rings. The van der Waals surface area contributed by atoms with E-state index in [1.165, 1.54) is 10.9 Å². The van der Waals surface area contributed by atoms with Gasteiger partial charge < -0.3 is 41.1 Å². The van der Waals surface area contributed by atoms with Gasteiger partial charge in [-0.3, -0.25) is 19.1 Å². The van der Waals surface area contributed by atoms with E-state index in [0.29, 0.717) is 63.2 Å². The molecule has 0 saturated carbocycles. The maximum Gasteiger partial charge on any atom is 0.317 e. The number of hydrogen-bond acceptors (Lipinski definition) is 11. The largest absolute Gasteiger partial charge is 0.387 e. The van der Waals surface area contributed by atoms with Gasteiger partial charge in [0.1, 0.15) is 12.2 Å². The monoisotopic (exact) mass is 784 g/mol. The van der Waals surface area contributed by atoms with E-state index >= 15 is 0 Å². The number of carbonyl (C=O) groups is 3. The Balaban J connectivity index is 1.21. The van der Waals surface area contributed by atoms with Crippen LogP contribution in [0, 0.1) is 0 Å². The molecule has 0 radical (unpaired) electrons. The topological polar surface area (TPSA) is 199 Å². The third kappa shape index (κ3) is 9.70. The van der Waals surface area contributed by atoms with Gasteiger partial charge in [-0.15, -0.1) is 0 Å². The second-order valence-corrected chi connectivity index (χ2v) is 15.2. The Hall–Kier alpha value is -5.16. The average Bonchev–Trinajstić information content (AvgIpc) is 3.77. The number of carbonyl (C=O) groups excluding carboxylic acids is 3. The van der Waals surface area contributed by atoms with E-state index in [4.69, 9.17) is 4.74 Å². The van der Waals surface area contributed by atoms with Crippen LogP contribution in [0.2, 0.25) is 0 Å². The van der Waals surface area contributed by atoms with Crippen molar-refractivity contribution >= 4 is 34.8 Å². The fourth-order valence-corrected chi connectivity index (χ4v) is 7.70. The van der Waals surface area contributed by atoms with Gasteiger partial charge in [-0.05, 0) is 58.6 Å². The number of piperidine rings is 1. The van der Waals surface area contributed by atoms with Crippen molar-refractivity contribution in [2.45, 2.75) is 96.0 Å². The zero-order chi connectivity index (χ0) is 40.6. The van der Waals surface area contributed by atoms with Crippen LogP contribution in [-0.4, -0.2) is 133 Å². The molecule has 0 aliphatic carbocycles. The van der Waals surface area contributed by atoms with E-state index in [1.54, 1.807) is 11.8 Å². The van der Waals surface area contributed by atoms with E-state index in [1.807, 2.05) is 36.4 Å². The molecule has 16 nitrogen and oxygen atoms in total. The number of amides is 4. The number of nitrogens with one attached hydrogen (secondary N) is 4. The van der Waals surface area contributed by atoms with Crippen molar-refractivity contribution < 1.29 is 29.3 Å². The van der Waals surface area contributed by atoms with Gasteiger partial charge in [-0.1, -0.05) is 60.7 Å². The van der Waals surface area contributed by atoms with Crippen molar-refractivity contribution in [1.82, 2.24) is 45.3 Å². The second kappa shape index (κ2) is 18.9. The fraction of sp³-hybridized carbons (Fsp3) is 0.512. The molecule has 4 heterocycles. The highest BCUT2D eigenvalue weighted by Crippen LogP contribution is 2.33. The molecule has 6 N–H and O–H groups in total. The molecular formula is C41H56N10O6. The van der Waals surface area contributed by atoms with Crippen LogP contribution in [0.15, 0.2) is 67.0 Å². The van der Waals surface area contributed by atoms with E-state index in [2.05, 4.69) is 93.1 Å². The Labute approximate surface area is 333 Å². The summed E-state index contributed by atoms with van der Waals surface area (Å²) < 4.78 is 7.32. The third-order valence-corrected chi connectivity index (χ3v) is 10.7. The number of urea groups is 1. The minimum Gasteiger partial charge on any atom is -0.387 e. The van der Waals surface area contributed by atoms with Gasteiger partial charge in [0.05, 0.1) is 6.33 Å². The maximum atomic E-state index is 13.9. The minimum atomic E-state index is -1.51. The number of aromatic nitrogens is 4. The first-order valence-electron chi connectivity index (χ1n) is 19.9. The first-order chi connectivity index (χ1) is 27.5. The van der Waals surface area contributed by atoms with Crippen LogP contribution in [0.25, 0.3) is 11.2 Å². The number of imidazole rings is 1. The Bertz CT molecular complexity index is 1910. The molecule has 2 fully saturated rings. The lowest BCUT2D eigenvalue weighted by Crippen LogP contribution is -2.51. The third-order valence-electron chi connectivity index (χ3n) is 10.7. The van der Waals surface area contributed by atoms with Crippen LogP contribution in [0.3, 0.4) is 0 Å². The van der Waals surface area contributed by atoms with Gasteiger partial charge in [0.25, 0.3) is 11.8 Å². The van der Waals surface area contributed by atoms with Gasteiger partial charge >= 0.3 is 6.03 Å². The number of likely N-dealkylation sites (tertiary alicyclic amines) is 1. The molecule has 16 heteroatoms. The summed E-state index contributed by atoms with van der Waals surface area (Å²) in [7, 11) is 0. The summed E-state index contributed by atoms with van der Waals surface area (Å²) in [4.78, 5) is 57.6. The summed E-state index contributed by atoms with van der Waals surface area (Å²) in [5.74, 6) is -1.02. The number of benzene rings is 2. The fourth-order valence-electron chi connectivity index (χ4n) is 7.70. The SMILES string of the molecule is CCNC(=O)[C@H]1O[C@@H](n2cnc3c(NCC(c4ccccc4)c4ccccc4)nc(C(=O)NC4CCN(C(=O)NCCN(C(C)C)C(C)C)CC4)nc32)[C@H](O)[C@@H]1O. The van der Waals surface area contributed by atoms with Crippen LogP contribution in [0.5, 0.6) is 0 Å². The Morgan fingerprint density at radius 1 is 0.895 bits per heavy atom. The molecule has 0 unspecified atom stereocenters. The smallest absolute Gasteiger partial charge is 0.317 e. The molecule has 2 aliphatic heterocycles. The van der Waals surface area contributed by atoms with Crippen molar-refractivity contribution in [2.75, 3.05) is 44.6 Å². The highest BCUT2D eigenvalue weighted by Gasteiger charge is 2.48. The molecule has 57 heavy (non-hydrogen) atoms. The van der Waals surface area contributed by atoms with Crippen LogP contribution < -0.4 is 21.3 Å². The molecule has 6 rings (SSSR count). The van der Waals surface area contributed by atoms with Crippen molar-refractivity contribution in [2.24, 2.45) is 0 Å². The van der Waals surface area contributed by atoms with Crippen molar-refractivity contribution in [3.63, 3.8) is 0 Å². The second-order valence-electron chi connectivity index (χ2n) is 15.2. The van der Waals surface area contributed by atoms with Crippen LogP contribution in [0.4, 0.5) is 10.6 Å². The standard InChI is InChI=1S/C41H56N10O6/c1-6-42-38(54)34-32(52)33(53)40(57-34)51-24-45-31-35(44-23-30(27-13-9-7-10-14-27)28-15-11-8-12-16-28)47-36(48-37(31)51)39(55)46-29-17-20-49(21-18-29)41(56)43-19-22-50(25(2)3)26(4)5/h7-16,24-26,29-30,32-34,40,52-53H,6,17-23H2,1-5H3,(H,42,54)(H,43,56)(H,46,55)(H,44,47,48)/t32-,33+,34-,40+/m0/s1.